The first-order chi connectivity index (χ1) is 11.6. The topological polar surface area (TPSA) is 99.2 Å². The van der Waals surface area contributed by atoms with E-state index in [0.717, 1.165) is 17.1 Å². The van der Waals surface area contributed by atoms with E-state index in [2.05, 4.69) is 19.9 Å². The zero-order valence-electron chi connectivity index (χ0n) is 13.1. The summed E-state index contributed by atoms with van der Waals surface area (Å²) in [5.74, 6) is 0.897. The lowest BCUT2D eigenvalue weighted by Crippen LogP contribution is -2.54. The predicted molar refractivity (Wildman–Crippen MR) is 87.9 cm³/mol. The predicted octanol–water partition coefficient (Wildman–Crippen LogP) is 0.730. The standard InChI is InChI=1S/C16H16N6O2/c1-21-15-12(3-2-5-19-15)20-16(21)22-8-11(9-22)24-10-4-6-18-13(7-10)14(17)23/h2-7,11H,8-9H2,1H3,(H2,17,23). The van der Waals surface area contributed by atoms with Gasteiger partial charge in [-0.25, -0.2) is 9.97 Å². The molecule has 1 fully saturated rings. The van der Waals surface area contributed by atoms with Gasteiger partial charge < -0.3 is 15.4 Å². The molecule has 1 aliphatic heterocycles. The lowest BCUT2D eigenvalue weighted by molar-refractivity contribution is 0.0994. The van der Waals surface area contributed by atoms with E-state index >= 15 is 0 Å². The van der Waals surface area contributed by atoms with E-state index in [0.29, 0.717) is 18.8 Å². The van der Waals surface area contributed by atoms with Crippen LogP contribution in [0.2, 0.25) is 0 Å². The lowest BCUT2D eigenvalue weighted by atomic mass is 10.2. The number of hydrogen-bond donors (Lipinski definition) is 1. The number of amides is 1. The van der Waals surface area contributed by atoms with Crippen molar-refractivity contribution in [3.05, 3.63) is 42.4 Å². The van der Waals surface area contributed by atoms with Crippen molar-refractivity contribution in [3.8, 4) is 5.75 Å². The molecule has 0 unspecified atom stereocenters. The summed E-state index contributed by atoms with van der Waals surface area (Å²) in [6.45, 7) is 1.43. The van der Waals surface area contributed by atoms with E-state index < -0.39 is 5.91 Å². The number of carbonyl (C=O) groups is 1. The Morgan fingerprint density at radius 1 is 1.29 bits per heavy atom. The normalized spacial score (nSPS) is 14.6. The SMILES string of the molecule is Cn1c(N2CC(Oc3ccnc(C(N)=O)c3)C2)nc2cccnc21. The maximum atomic E-state index is 11.2. The van der Waals surface area contributed by atoms with Crippen molar-refractivity contribution in [2.24, 2.45) is 12.8 Å². The highest BCUT2D eigenvalue weighted by Crippen LogP contribution is 2.25. The van der Waals surface area contributed by atoms with Crippen molar-refractivity contribution in [2.75, 3.05) is 18.0 Å². The van der Waals surface area contributed by atoms with Crippen molar-refractivity contribution in [1.82, 2.24) is 19.5 Å². The van der Waals surface area contributed by atoms with Crippen LogP contribution in [0.1, 0.15) is 10.5 Å². The fourth-order valence-corrected chi connectivity index (χ4v) is 2.78. The fraction of sp³-hybridized carbons (Fsp3) is 0.250. The van der Waals surface area contributed by atoms with Crippen LogP contribution in [-0.4, -0.2) is 44.6 Å². The number of rotatable bonds is 4. The Labute approximate surface area is 137 Å². The van der Waals surface area contributed by atoms with Gasteiger partial charge in [0.2, 0.25) is 5.95 Å². The second kappa shape index (κ2) is 5.48. The Balaban J connectivity index is 1.45. The number of primary amides is 1. The lowest BCUT2D eigenvalue weighted by Gasteiger charge is -2.39. The minimum Gasteiger partial charge on any atom is -0.487 e. The third kappa shape index (κ3) is 2.41. The molecule has 4 rings (SSSR count). The van der Waals surface area contributed by atoms with Crippen molar-refractivity contribution >= 4 is 23.0 Å². The molecule has 24 heavy (non-hydrogen) atoms. The van der Waals surface area contributed by atoms with Crippen molar-refractivity contribution in [2.45, 2.75) is 6.10 Å². The Kier molecular flexibility index (Phi) is 3.30. The van der Waals surface area contributed by atoms with Gasteiger partial charge in [0, 0.05) is 25.5 Å². The highest BCUT2D eigenvalue weighted by atomic mass is 16.5. The van der Waals surface area contributed by atoms with Gasteiger partial charge in [0.25, 0.3) is 5.91 Å². The van der Waals surface area contributed by atoms with Crippen LogP contribution in [0.4, 0.5) is 5.95 Å². The first kappa shape index (κ1) is 14.4. The Hall–Kier alpha value is -3.16. The number of aryl methyl sites for hydroxylation is 1. The van der Waals surface area contributed by atoms with Gasteiger partial charge in [0.15, 0.2) is 5.65 Å². The fourth-order valence-electron chi connectivity index (χ4n) is 2.78. The van der Waals surface area contributed by atoms with Crippen LogP contribution in [0.25, 0.3) is 11.2 Å². The number of pyridine rings is 2. The van der Waals surface area contributed by atoms with Gasteiger partial charge >= 0.3 is 0 Å². The van der Waals surface area contributed by atoms with Crippen LogP contribution in [0.15, 0.2) is 36.7 Å². The van der Waals surface area contributed by atoms with Crippen LogP contribution >= 0.6 is 0 Å². The van der Waals surface area contributed by atoms with Gasteiger partial charge in [-0.1, -0.05) is 0 Å². The molecule has 0 bridgehead atoms. The molecule has 3 aromatic rings. The quantitative estimate of drug-likeness (QED) is 0.759. The number of fused-ring (bicyclic) bond motifs is 1. The first-order valence-corrected chi connectivity index (χ1v) is 7.57. The summed E-state index contributed by atoms with van der Waals surface area (Å²) in [6, 6.07) is 7.10. The molecule has 2 N–H and O–H groups in total. The molecule has 3 aromatic heterocycles. The molecule has 8 nitrogen and oxygen atoms in total. The van der Waals surface area contributed by atoms with Gasteiger partial charge in [0.05, 0.1) is 13.1 Å². The van der Waals surface area contributed by atoms with E-state index in [-0.39, 0.29) is 11.8 Å². The minimum absolute atomic E-state index is 0.0286. The van der Waals surface area contributed by atoms with Crippen molar-refractivity contribution in [1.29, 1.82) is 0 Å². The molecule has 0 aliphatic carbocycles. The molecule has 0 atom stereocenters. The number of ether oxygens (including phenoxy) is 1. The average molecular weight is 324 g/mol. The average Bonchev–Trinajstić information content (AvgIpc) is 2.88. The second-order valence-electron chi connectivity index (χ2n) is 5.70. The highest BCUT2D eigenvalue weighted by molar-refractivity contribution is 5.91. The molecule has 0 spiro atoms. The molecule has 1 saturated heterocycles. The number of nitrogens with two attached hydrogens (primary N) is 1. The van der Waals surface area contributed by atoms with Crippen molar-refractivity contribution in [3.63, 3.8) is 0 Å². The molecule has 122 valence electrons. The van der Waals surface area contributed by atoms with E-state index in [4.69, 9.17) is 10.5 Å². The largest absolute Gasteiger partial charge is 0.487 e. The summed E-state index contributed by atoms with van der Waals surface area (Å²) in [4.78, 5) is 26.2. The Morgan fingerprint density at radius 3 is 2.88 bits per heavy atom. The van der Waals surface area contributed by atoms with E-state index in [9.17, 15) is 4.79 Å². The molecule has 1 amide bonds. The zero-order chi connectivity index (χ0) is 16.7. The van der Waals surface area contributed by atoms with E-state index in [1.807, 2.05) is 23.7 Å². The summed E-state index contributed by atoms with van der Waals surface area (Å²) in [5.41, 5.74) is 7.16. The van der Waals surface area contributed by atoms with Crippen LogP contribution in [-0.2, 0) is 7.05 Å². The third-order valence-corrected chi connectivity index (χ3v) is 4.02. The molecular formula is C16H16N6O2. The van der Waals surface area contributed by atoms with Gasteiger partial charge in [-0.2, -0.15) is 0 Å². The first-order valence-electron chi connectivity index (χ1n) is 7.57. The zero-order valence-corrected chi connectivity index (χ0v) is 13.1. The van der Waals surface area contributed by atoms with E-state index in [1.165, 1.54) is 6.20 Å². The molecular weight excluding hydrogens is 308 g/mol. The van der Waals surface area contributed by atoms with Gasteiger partial charge in [-0.3, -0.25) is 14.3 Å². The molecule has 0 aromatic carbocycles. The summed E-state index contributed by atoms with van der Waals surface area (Å²) >= 11 is 0. The number of anilines is 1. The highest BCUT2D eigenvalue weighted by Gasteiger charge is 2.32. The number of aromatic nitrogens is 4. The van der Waals surface area contributed by atoms with Crippen LogP contribution in [0.3, 0.4) is 0 Å². The molecule has 0 saturated carbocycles. The maximum Gasteiger partial charge on any atom is 0.267 e. The Morgan fingerprint density at radius 2 is 2.12 bits per heavy atom. The molecule has 0 radical (unpaired) electrons. The number of nitrogens with zero attached hydrogens (tertiary/aromatic N) is 5. The van der Waals surface area contributed by atoms with Crippen LogP contribution < -0.4 is 15.4 Å². The summed E-state index contributed by atoms with van der Waals surface area (Å²) in [6.07, 6.45) is 3.30. The second-order valence-corrected chi connectivity index (χ2v) is 5.70. The van der Waals surface area contributed by atoms with Crippen LogP contribution in [0.5, 0.6) is 5.75 Å². The van der Waals surface area contributed by atoms with Crippen molar-refractivity contribution < 1.29 is 9.53 Å². The number of hydrogen-bond acceptors (Lipinski definition) is 6. The molecule has 4 heterocycles. The Bertz CT molecular complexity index is 916. The van der Waals surface area contributed by atoms with Gasteiger partial charge in [-0.05, 0) is 18.2 Å². The summed E-state index contributed by atoms with van der Waals surface area (Å²) < 4.78 is 7.84. The smallest absolute Gasteiger partial charge is 0.267 e. The minimum atomic E-state index is -0.567. The number of imidazole rings is 1. The molecule has 8 heteroatoms. The third-order valence-electron chi connectivity index (χ3n) is 4.02. The summed E-state index contributed by atoms with van der Waals surface area (Å²) in [5, 5.41) is 0. The monoisotopic (exact) mass is 324 g/mol. The van der Waals surface area contributed by atoms with Gasteiger partial charge in [-0.15, -0.1) is 0 Å². The van der Waals surface area contributed by atoms with Gasteiger partial charge in [0.1, 0.15) is 23.1 Å². The maximum absolute atomic E-state index is 11.2. The molecule has 1 aliphatic rings. The summed E-state index contributed by atoms with van der Waals surface area (Å²) in [7, 11) is 1.95. The van der Waals surface area contributed by atoms with E-state index in [1.54, 1.807) is 18.3 Å². The van der Waals surface area contributed by atoms with Crippen LogP contribution in [0, 0.1) is 0 Å². The number of carbonyl (C=O) groups excluding carboxylic acids is 1.